The van der Waals surface area contributed by atoms with Gasteiger partial charge in [-0.25, -0.2) is 4.98 Å². The lowest BCUT2D eigenvalue weighted by molar-refractivity contribution is 0.488. The Labute approximate surface area is 166 Å². The van der Waals surface area contributed by atoms with Crippen LogP contribution < -0.4 is 16.0 Å². The number of nitrogens with two attached hydrogens (primary N) is 1. The fourth-order valence-corrected chi connectivity index (χ4v) is 5.17. The number of aryl methyl sites for hydroxylation is 1. The average molecular weight is 399 g/mol. The Hall–Kier alpha value is -2.32. The Morgan fingerprint density at radius 1 is 1.18 bits per heavy atom. The van der Waals surface area contributed by atoms with Crippen LogP contribution in [0.2, 0.25) is 0 Å². The molecule has 0 saturated carbocycles. The third kappa shape index (κ3) is 3.66. The summed E-state index contributed by atoms with van der Waals surface area (Å²) < 4.78 is 21.2. The van der Waals surface area contributed by atoms with Crippen LogP contribution in [0.25, 0.3) is 10.9 Å². The highest BCUT2D eigenvalue weighted by atomic mass is 32.3. The van der Waals surface area contributed by atoms with Crippen LogP contribution in [0, 0.1) is 6.92 Å². The first-order valence-electron chi connectivity index (χ1n) is 9.42. The monoisotopic (exact) mass is 398 g/mol. The van der Waals surface area contributed by atoms with Gasteiger partial charge in [0.05, 0.1) is 16.2 Å². The number of anilines is 2. The van der Waals surface area contributed by atoms with Crippen molar-refractivity contribution >= 4 is 33.0 Å². The van der Waals surface area contributed by atoms with Crippen LogP contribution in [-0.2, 0) is 6.54 Å². The van der Waals surface area contributed by atoms with Crippen molar-refractivity contribution < 1.29 is 9.11 Å². The molecule has 6 nitrogen and oxygen atoms in total. The van der Waals surface area contributed by atoms with E-state index >= 15 is 0 Å². The van der Waals surface area contributed by atoms with E-state index in [1.54, 1.807) is 0 Å². The van der Waals surface area contributed by atoms with Gasteiger partial charge in [0.1, 0.15) is 5.82 Å². The molecule has 0 amide bonds. The predicted octanol–water partition coefficient (Wildman–Crippen LogP) is 4.04. The predicted molar refractivity (Wildman–Crippen MR) is 117 cm³/mol. The Balaban J connectivity index is 1.77. The fraction of sp³-hybridized carbons (Fsp3) is 0.286. The molecule has 0 spiro atoms. The summed E-state index contributed by atoms with van der Waals surface area (Å²) in [4.78, 5) is 7.64. The Kier molecular flexibility index (Phi) is 5.16. The van der Waals surface area contributed by atoms with E-state index in [2.05, 4.69) is 29.3 Å². The maximum Gasteiger partial charge on any atom is 0.131 e. The van der Waals surface area contributed by atoms with Crippen molar-refractivity contribution in [1.29, 1.82) is 0 Å². The maximum atomic E-state index is 10.6. The van der Waals surface area contributed by atoms with E-state index in [1.807, 2.05) is 36.4 Å². The van der Waals surface area contributed by atoms with Gasteiger partial charge >= 0.3 is 0 Å². The molecule has 4 rings (SSSR count). The van der Waals surface area contributed by atoms with Crippen molar-refractivity contribution in [2.24, 2.45) is 5.73 Å². The first-order chi connectivity index (χ1) is 13.5. The van der Waals surface area contributed by atoms with Crippen LogP contribution in [0.5, 0.6) is 0 Å². The number of nitrogens with zero attached hydrogens (tertiary/aromatic N) is 2. The number of aromatic nitrogens is 1. The molecule has 0 aliphatic carbocycles. The highest BCUT2D eigenvalue weighted by molar-refractivity contribution is 8.24. The van der Waals surface area contributed by atoms with Gasteiger partial charge < -0.3 is 16.0 Å². The van der Waals surface area contributed by atoms with Crippen molar-refractivity contribution in [1.82, 2.24) is 4.98 Å². The molecule has 0 fully saturated rings. The van der Waals surface area contributed by atoms with Gasteiger partial charge in [-0.1, -0.05) is 29.8 Å². The first-order valence-corrected chi connectivity index (χ1v) is 11.1. The highest BCUT2D eigenvalue weighted by Crippen LogP contribution is 2.51. The van der Waals surface area contributed by atoms with E-state index in [-0.39, 0.29) is 0 Å². The maximum absolute atomic E-state index is 10.6. The molecule has 0 atom stereocenters. The van der Waals surface area contributed by atoms with Crippen LogP contribution in [0.3, 0.4) is 0 Å². The minimum atomic E-state index is -2.79. The molecule has 1 aliphatic heterocycles. The van der Waals surface area contributed by atoms with Crippen LogP contribution in [0.15, 0.2) is 53.4 Å². The summed E-state index contributed by atoms with van der Waals surface area (Å²) in [6.07, 6.45) is 0. The third-order valence-corrected chi connectivity index (χ3v) is 6.92. The molecule has 1 aromatic heterocycles. The van der Waals surface area contributed by atoms with E-state index in [0.717, 1.165) is 28.0 Å². The summed E-state index contributed by atoms with van der Waals surface area (Å²) in [7, 11) is -2.79. The molecule has 0 saturated heterocycles. The van der Waals surface area contributed by atoms with E-state index in [0.29, 0.717) is 36.8 Å². The van der Waals surface area contributed by atoms with Gasteiger partial charge in [-0.15, -0.1) is 0 Å². The molecule has 148 valence electrons. The van der Waals surface area contributed by atoms with Crippen molar-refractivity contribution in [3.63, 3.8) is 0 Å². The van der Waals surface area contributed by atoms with Crippen molar-refractivity contribution in [3.05, 3.63) is 59.7 Å². The molecule has 0 unspecified atom stereocenters. The van der Waals surface area contributed by atoms with E-state index < -0.39 is 10.6 Å². The number of fused-ring (bicyclic) bond motifs is 2. The Morgan fingerprint density at radius 3 is 2.82 bits per heavy atom. The largest absolute Gasteiger partial charge is 0.383 e. The van der Waals surface area contributed by atoms with Gasteiger partial charge in [0.25, 0.3) is 0 Å². The highest BCUT2D eigenvalue weighted by Gasteiger charge is 2.26. The van der Waals surface area contributed by atoms with Crippen molar-refractivity contribution in [2.75, 3.05) is 35.6 Å². The van der Waals surface area contributed by atoms with E-state index in [9.17, 15) is 9.11 Å². The summed E-state index contributed by atoms with van der Waals surface area (Å²) in [6.45, 7) is 4.40. The number of pyridine rings is 1. The van der Waals surface area contributed by atoms with Gasteiger partial charge in [0, 0.05) is 43.3 Å². The molecular weight excluding hydrogens is 372 g/mol. The van der Waals surface area contributed by atoms with Crippen molar-refractivity contribution in [3.8, 4) is 0 Å². The smallest absolute Gasteiger partial charge is 0.131 e. The quantitative estimate of drug-likeness (QED) is 0.530. The summed E-state index contributed by atoms with van der Waals surface area (Å²) in [5.74, 6) is 1.12. The molecule has 7 heteroatoms. The van der Waals surface area contributed by atoms with Gasteiger partial charge in [-0.05, 0) is 30.7 Å². The molecular formula is C21H26N4O2S. The fourth-order valence-electron chi connectivity index (χ4n) is 3.62. The standard InChI is InChI=1S/C21H26N4O2S/c1-15-6-7-18-17(12-15)19(23-9-8-22)13-21(24-18)25-10-11-28(26,27)20-5-3-2-4-16(20)14-25/h2-7,12-13,26-27H,8-11,14,22H2,1H3,(H,23,24). The average Bonchev–Trinajstić information content (AvgIpc) is 2.82. The topological polar surface area (TPSA) is 94.6 Å². The number of benzene rings is 2. The lowest BCUT2D eigenvalue weighted by Crippen LogP contribution is -2.26. The lowest BCUT2D eigenvalue weighted by atomic mass is 10.1. The van der Waals surface area contributed by atoms with Crippen molar-refractivity contribution in [2.45, 2.75) is 18.4 Å². The van der Waals surface area contributed by atoms with Gasteiger partial charge in [-0.3, -0.25) is 9.11 Å². The summed E-state index contributed by atoms with van der Waals surface area (Å²) >= 11 is 0. The van der Waals surface area contributed by atoms with Crippen LogP contribution in [0.4, 0.5) is 11.5 Å². The molecule has 3 aromatic rings. The normalized spacial score (nSPS) is 17.1. The lowest BCUT2D eigenvalue weighted by Gasteiger charge is -2.32. The second kappa shape index (κ2) is 7.60. The van der Waals surface area contributed by atoms with E-state index in [1.165, 1.54) is 5.56 Å². The minimum Gasteiger partial charge on any atom is -0.383 e. The zero-order chi connectivity index (χ0) is 19.7. The summed E-state index contributed by atoms with van der Waals surface area (Å²) in [5.41, 5.74) is 9.71. The number of rotatable bonds is 4. The second-order valence-corrected chi connectivity index (χ2v) is 9.35. The SMILES string of the molecule is Cc1ccc2nc(N3CCS(O)(O)c4ccccc4C3)cc(NCCN)c2c1. The zero-order valence-corrected chi connectivity index (χ0v) is 16.7. The van der Waals surface area contributed by atoms with Gasteiger partial charge in [0.2, 0.25) is 0 Å². The molecule has 0 radical (unpaired) electrons. The number of hydrogen-bond donors (Lipinski definition) is 4. The molecule has 28 heavy (non-hydrogen) atoms. The van der Waals surface area contributed by atoms with Gasteiger partial charge in [0.15, 0.2) is 0 Å². The third-order valence-electron chi connectivity index (χ3n) is 5.07. The van der Waals surface area contributed by atoms with Crippen LogP contribution in [0.1, 0.15) is 11.1 Å². The second-order valence-electron chi connectivity index (χ2n) is 7.16. The first kappa shape index (κ1) is 19.0. The zero-order valence-electron chi connectivity index (χ0n) is 15.9. The minimum absolute atomic E-state index is 0.295. The number of hydrogen-bond acceptors (Lipinski definition) is 6. The molecule has 5 N–H and O–H groups in total. The molecule has 1 aliphatic rings. The van der Waals surface area contributed by atoms with Crippen LogP contribution in [-0.4, -0.2) is 39.5 Å². The summed E-state index contributed by atoms with van der Waals surface area (Å²) in [5, 5.41) is 4.48. The molecule has 0 bridgehead atoms. The molecule has 2 aromatic carbocycles. The summed E-state index contributed by atoms with van der Waals surface area (Å²) in [6, 6.07) is 15.8. The Morgan fingerprint density at radius 2 is 2.00 bits per heavy atom. The number of nitrogens with one attached hydrogen (secondary N) is 1. The van der Waals surface area contributed by atoms with Crippen LogP contribution >= 0.6 is 10.6 Å². The molecule has 2 heterocycles. The Bertz CT molecular complexity index is 1010. The van der Waals surface area contributed by atoms with Gasteiger partial charge in [-0.2, -0.15) is 10.6 Å². The van der Waals surface area contributed by atoms with E-state index in [4.69, 9.17) is 10.7 Å².